The third-order valence-corrected chi connectivity index (χ3v) is 3.98. The molecule has 0 aliphatic carbocycles. The molecule has 0 spiro atoms. The molecule has 0 bridgehead atoms. The van der Waals surface area contributed by atoms with E-state index in [1.807, 2.05) is 19.2 Å². The summed E-state index contributed by atoms with van der Waals surface area (Å²) in [4.78, 5) is 8.99. The first-order valence-electron chi connectivity index (χ1n) is 7.32. The zero-order valence-electron chi connectivity index (χ0n) is 12.7. The molecular weight excluding hydrogens is 252 g/mol. The van der Waals surface area contributed by atoms with Crippen molar-refractivity contribution in [3.8, 4) is 5.75 Å². The van der Waals surface area contributed by atoms with Crippen molar-refractivity contribution in [1.82, 2.24) is 14.8 Å². The van der Waals surface area contributed by atoms with Crippen LogP contribution in [0.2, 0.25) is 0 Å². The van der Waals surface area contributed by atoms with Gasteiger partial charge in [-0.2, -0.15) is 0 Å². The number of ether oxygens (including phenoxy) is 1. The SMILES string of the molecule is CCOc1cncc(C(N)CC2CN(C)CCN2C)c1. The van der Waals surface area contributed by atoms with Crippen LogP contribution in [-0.2, 0) is 0 Å². The number of likely N-dealkylation sites (N-methyl/N-ethyl adjacent to an activating group) is 2. The van der Waals surface area contributed by atoms with E-state index in [2.05, 4.69) is 28.9 Å². The Balaban J connectivity index is 1.99. The smallest absolute Gasteiger partial charge is 0.137 e. The van der Waals surface area contributed by atoms with E-state index in [1.54, 1.807) is 6.20 Å². The van der Waals surface area contributed by atoms with E-state index in [9.17, 15) is 0 Å². The van der Waals surface area contributed by atoms with Gasteiger partial charge in [-0.3, -0.25) is 4.98 Å². The summed E-state index contributed by atoms with van der Waals surface area (Å²) < 4.78 is 5.49. The van der Waals surface area contributed by atoms with Crippen LogP contribution in [0, 0.1) is 0 Å². The van der Waals surface area contributed by atoms with Gasteiger partial charge in [0.15, 0.2) is 0 Å². The number of aromatic nitrogens is 1. The number of nitrogens with two attached hydrogens (primary N) is 1. The zero-order valence-corrected chi connectivity index (χ0v) is 12.7. The van der Waals surface area contributed by atoms with Crippen molar-refractivity contribution in [1.29, 1.82) is 0 Å². The highest BCUT2D eigenvalue weighted by Gasteiger charge is 2.24. The van der Waals surface area contributed by atoms with Gasteiger partial charge in [0.25, 0.3) is 0 Å². The highest BCUT2D eigenvalue weighted by Crippen LogP contribution is 2.22. The molecule has 1 saturated heterocycles. The number of hydrogen-bond acceptors (Lipinski definition) is 5. The van der Waals surface area contributed by atoms with Crippen LogP contribution in [0.4, 0.5) is 0 Å². The topological polar surface area (TPSA) is 54.6 Å². The summed E-state index contributed by atoms with van der Waals surface area (Å²) in [6.07, 6.45) is 4.53. The van der Waals surface area contributed by atoms with Crippen molar-refractivity contribution in [3.05, 3.63) is 24.0 Å². The summed E-state index contributed by atoms with van der Waals surface area (Å²) >= 11 is 0. The fourth-order valence-corrected chi connectivity index (χ4v) is 2.67. The number of pyridine rings is 1. The minimum Gasteiger partial charge on any atom is -0.492 e. The number of rotatable bonds is 5. The number of nitrogens with zero attached hydrogens (tertiary/aromatic N) is 3. The zero-order chi connectivity index (χ0) is 14.5. The molecule has 1 fully saturated rings. The first-order chi connectivity index (χ1) is 9.60. The van der Waals surface area contributed by atoms with Gasteiger partial charge < -0.3 is 20.3 Å². The van der Waals surface area contributed by atoms with Crippen LogP contribution in [0.5, 0.6) is 5.75 Å². The average molecular weight is 278 g/mol. The van der Waals surface area contributed by atoms with E-state index >= 15 is 0 Å². The molecule has 1 aromatic heterocycles. The fraction of sp³-hybridized carbons (Fsp3) is 0.667. The predicted molar refractivity (Wildman–Crippen MR) is 80.9 cm³/mol. The molecule has 20 heavy (non-hydrogen) atoms. The van der Waals surface area contributed by atoms with Crippen molar-refractivity contribution < 1.29 is 4.74 Å². The molecule has 5 heteroatoms. The third-order valence-electron chi connectivity index (χ3n) is 3.98. The summed E-state index contributed by atoms with van der Waals surface area (Å²) in [5.74, 6) is 0.801. The van der Waals surface area contributed by atoms with Gasteiger partial charge in [0, 0.05) is 37.9 Å². The van der Waals surface area contributed by atoms with E-state index in [-0.39, 0.29) is 6.04 Å². The molecular formula is C15H26N4O. The van der Waals surface area contributed by atoms with E-state index in [4.69, 9.17) is 10.5 Å². The van der Waals surface area contributed by atoms with Gasteiger partial charge in [0.05, 0.1) is 12.8 Å². The first kappa shape index (κ1) is 15.2. The van der Waals surface area contributed by atoms with E-state index < -0.39 is 0 Å². The largest absolute Gasteiger partial charge is 0.492 e. The van der Waals surface area contributed by atoms with E-state index in [0.717, 1.165) is 37.4 Å². The quantitative estimate of drug-likeness (QED) is 0.874. The maximum absolute atomic E-state index is 6.36. The Morgan fingerprint density at radius 3 is 2.95 bits per heavy atom. The van der Waals surface area contributed by atoms with Crippen molar-refractivity contribution in [2.45, 2.75) is 25.4 Å². The molecule has 112 valence electrons. The Hall–Kier alpha value is -1.17. The van der Waals surface area contributed by atoms with Gasteiger partial charge in [0.1, 0.15) is 5.75 Å². The lowest BCUT2D eigenvalue weighted by Crippen LogP contribution is -2.50. The molecule has 0 radical (unpaired) electrons. The summed E-state index contributed by atoms with van der Waals surface area (Å²) in [5.41, 5.74) is 7.41. The lowest BCUT2D eigenvalue weighted by molar-refractivity contribution is 0.104. The minimum absolute atomic E-state index is 0.00172. The Bertz CT molecular complexity index is 426. The Morgan fingerprint density at radius 1 is 1.40 bits per heavy atom. The molecule has 1 aliphatic rings. The second kappa shape index (κ2) is 7.02. The van der Waals surface area contributed by atoms with Crippen molar-refractivity contribution in [3.63, 3.8) is 0 Å². The highest BCUT2D eigenvalue weighted by atomic mass is 16.5. The predicted octanol–water partition coefficient (Wildman–Crippen LogP) is 1.12. The highest BCUT2D eigenvalue weighted by molar-refractivity contribution is 5.26. The van der Waals surface area contributed by atoms with E-state index in [1.165, 1.54) is 0 Å². The maximum atomic E-state index is 6.36. The molecule has 2 unspecified atom stereocenters. The summed E-state index contributed by atoms with van der Waals surface area (Å²) in [7, 11) is 4.35. The normalized spacial score (nSPS) is 22.7. The Labute approximate surface area is 121 Å². The molecule has 1 aromatic rings. The molecule has 2 atom stereocenters. The van der Waals surface area contributed by atoms with E-state index in [0.29, 0.717) is 12.6 Å². The van der Waals surface area contributed by atoms with Crippen LogP contribution in [0.15, 0.2) is 18.5 Å². The van der Waals surface area contributed by atoms with Crippen molar-refractivity contribution in [2.75, 3.05) is 40.3 Å². The molecule has 0 aromatic carbocycles. The summed E-state index contributed by atoms with van der Waals surface area (Å²) in [6.45, 7) is 5.92. The molecule has 2 heterocycles. The van der Waals surface area contributed by atoms with Gasteiger partial charge >= 0.3 is 0 Å². The van der Waals surface area contributed by atoms with Crippen LogP contribution in [-0.4, -0.2) is 61.2 Å². The maximum Gasteiger partial charge on any atom is 0.137 e. The summed E-state index contributed by atoms with van der Waals surface area (Å²) in [5, 5.41) is 0. The van der Waals surface area contributed by atoms with Crippen LogP contribution in [0.25, 0.3) is 0 Å². The lowest BCUT2D eigenvalue weighted by atomic mass is 9.99. The summed E-state index contributed by atoms with van der Waals surface area (Å²) in [6, 6.07) is 2.51. The third kappa shape index (κ3) is 3.91. The Kier molecular flexibility index (Phi) is 5.34. The standard InChI is InChI=1S/C15H26N4O/c1-4-20-14-7-12(9-17-10-14)15(16)8-13-11-18(2)5-6-19(13)3/h7,9-10,13,15H,4-6,8,11,16H2,1-3H3. The van der Waals surface area contributed by atoms with Gasteiger partial charge in [-0.15, -0.1) is 0 Å². The second-order valence-corrected chi connectivity index (χ2v) is 5.63. The monoisotopic (exact) mass is 278 g/mol. The second-order valence-electron chi connectivity index (χ2n) is 5.63. The van der Waals surface area contributed by atoms with Gasteiger partial charge in [-0.1, -0.05) is 0 Å². The number of piperazine rings is 1. The fourth-order valence-electron chi connectivity index (χ4n) is 2.67. The number of hydrogen-bond donors (Lipinski definition) is 1. The first-order valence-corrected chi connectivity index (χ1v) is 7.32. The van der Waals surface area contributed by atoms with Crippen LogP contribution in [0.3, 0.4) is 0 Å². The minimum atomic E-state index is 0.00172. The molecule has 2 N–H and O–H groups in total. The average Bonchev–Trinajstić information content (AvgIpc) is 2.43. The van der Waals surface area contributed by atoms with Crippen LogP contribution in [0.1, 0.15) is 24.9 Å². The molecule has 2 rings (SSSR count). The van der Waals surface area contributed by atoms with Gasteiger partial charge in [-0.05, 0) is 39.1 Å². The molecule has 5 nitrogen and oxygen atoms in total. The molecule has 0 saturated carbocycles. The lowest BCUT2D eigenvalue weighted by Gasteiger charge is -2.38. The van der Waals surface area contributed by atoms with Gasteiger partial charge in [-0.25, -0.2) is 0 Å². The Morgan fingerprint density at radius 2 is 2.20 bits per heavy atom. The van der Waals surface area contributed by atoms with Crippen molar-refractivity contribution >= 4 is 0 Å². The van der Waals surface area contributed by atoms with Crippen LogP contribution < -0.4 is 10.5 Å². The van der Waals surface area contributed by atoms with Crippen molar-refractivity contribution in [2.24, 2.45) is 5.73 Å². The molecule has 1 aliphatic heterocycles. The molecule has 0 amide bonds. The van der Waals surface area contributed by atoms with Gasteiger partial charge in [0.2, 0.25) is 0 Å². The van der Waals surface area contributed by atoms with Crippen LogP contribution >= 0.6 is 0 Å².